The Morgan fingerprint density at radius 1 is 1.10 bits per heavy atom. The molecule has 2 aromatic carbocycles. The predicted octanol–water partition coefficient (Wildman–Crippen LogP) is 4.04. The van der Waals surface area contributed by atoms with E-state index in [0.29, 0.717) is 17.0 Å². The fourth-order valence-corrected chi connectivity index (χ4v) is 6.26. The van der Waals surface area contributed by atoms with Crippen LogP contribution >= 0.6 is 0 Å². The van der Waals surface area contributed by atoms with Crippen LogP contribution in [0.4, 0.5) is 5.69 Å². The molecule has 0 radical (unpaired) electrons. The number of likely N-dealkylation sites (tertiary alicyclic amines) is 1. The van der Waals surface area contributed by atoms with Crippen molar-refractivity contribution in [1.82, 2.24) is 4.90 Å². The number of nitro groups is 1. The van der Waals surface area contributed by atoms with Gasteiger partial charge in [0.25, 0.3) is 5.69 Å². The van der Waals surface area contributed by atoms with Crippen molar-refractivity contribution in [1.29, 1.82) is 0 Å². The van der Waals surface area contributed by atoms with Crippen molar-refractivity contribution in [3.63, 3.8) is 0 Å². The molecule has 0 aliphatic carbocycles. The summed E-state index contributed by atoms with van der Waals surface area (Å²) in [5.41, 5.74) is -0.760. The summed E-state index contributed by atoms with van der Waals surface area (Å²) in [5.74, 6) is -4.19. The molecule has 5 rings (SSSR count). The molecule has 2 aromatic rings. The first-order valence-electron chi connectivity index (χ1n) is 13.3. The summed E-state index contributed by atoms with van der Waals surface area (Å²) < 4.78 is 23.9. The highest BCUT2D eigenvalue weighted by atomic mass is 16.7. The Morgan fingerprint density at radius 2 is 1.75 bits per heavy atom. The molecule has 1 amide bonds. The predicted molar refractivity (Wildman–Crippen MR) is 144 cm³/mol. The molecular formula is C29H33N3O8. The summed E-state index contributed by atoms with van der Waals surface area (Å²) in [6.07, 6.45) is 0. The number of nitrogens with zero attached hydrogens (tertiary/aromatic N) is 3. The third kappa shape index (κ3) is 3.90. The maximum absolute atomic E-state index is 14.4. The van der Waals surface area contributed by atoms with Crippen LogP contribution in [0.2, 0.25) is 0 Å². The Labute approximate surface area is 232 Å². The lowest BCUT2D eigenvalue weighted by Gasteiger charge is -2.41. The van der Waals surface area contributed by atoms with E-state index in [1.54, 1.807) is 50.1 Å². The van der Waals surface area contributed by atoms with Crippen molar-refractivity contribution in [2.45, 2.75) is 57.7 Å². The summed E-state index contributed by atoms with van der Waals surface area (Å²) >= 11 is 0. The van der Waals surface area contributed by atoms with E-state index in [-0.39, 0.29) is 24.8 Å². The number of fused-ring (bicyclic) bond motifs is 1. The van der Waals surface area contributed by atoms with E-state index in [1.807, 2.05) is 32.9 Å². The second-order valence-corrected chi connectivity index (χ2v) is 11.0. The number of methoxy groups -OCH3 is 1. The molecule has 3 heterocycles. The second kappa shape index (κ2) is 9.67. The molecule has 40 heavy (non-hydrogen) atoms. The normalized spacial score (nSPS) is 28.9. The van der Waals surface area contributed by atoms with E-state index < -0.39 is 45.8 Å². The summed E-state index contributed by atoms with van der Waals surface area (Å²) in [7, 11) is 1.57. The smallest absolute Gasteiger partial charge is 0.315 e. The Balaban J connectivity index is 1.78. The zero-order valence-corrected chi connectivity index (χ0v) is 23.4. The largest absolute Gasteiger partial charge is 0.497 e. The van der Waals surface area contributed by atoms with Crippen molar-refractivity contribution in [3.05, 3.63) is 69.8 Å². The minimum absolute atomic E-state index is 0.0945. The Morgan fingerprint density at radius 3 is 2.27 bits per heavy atom. The van der Waals surface area contributed by atoms with Crippen LogP contribution in [0.25, 0.3) is 0 Å². The maximum atomic E-state index is 14.4. The van der Waals surface area contributed by atoms with Gasteiger partial charge in [-0.25, -0.2) is 4.99 Å². The van der Waals surface area contributed by atoms with E-state index in [0.717, 1.165) is 5.56 Å². The lowest BCUT2D eigenvalue weighted by Crippen LogP contribution is -2.54. The molecule has 5 atom stereocenters. The molecule has 3 aliphatic heterocycles. The number of benzene rings is 2. The lowest BCUT2D eigenvalue weighted by molar-refractivity contribution is -0.384. The fourth-order valence-electron chi connectivity index (χ4n) is 6.26. The van der Waals surface area contributed by atoms with Gasteiger partial charge in [-0.15, -0.1) is 0 Å². The van der Waals surface area contributed by atoms with E-state index in [9.17, 15) is 19.7 Å². The number of carbonyl (C=O) groups is 2. The van der Waals surface area contributed by atoms with Crippen molar-refractivity contribution in [2.75, 3.05) is 20.3 Å². The van der Waals surface area contributed by atoms with E-state index in [4.69, 9.17) is 23.9 Å². The summed E-state index contributed by atoms with van der Waals surface area (Å²) in [6.45, 7) is 9.46. The average Bonchev–Trinajstić information content (AvgIpc) is 3.49. The van der Waals surface area contributed by atoms with Gasteiger partial charge in [-0.1, -0.05) is 12.1 Å². The second-order valence-electron chi connectivity index (χ2n) is 11.0. The van der Waals surface area contributed by atoms with Gasteiger partial charge in [0.1, 0.15) is 29.3 Å². The van der Waals surface area contributed by atoms with Crippen LogP contribution in [0.15, 0.2) is 53.5 Å². The molecule has 11 nitrogen and oxygen atoms in total. The number of nitro benzene ring substituents is 1. The standard InChI is InChI=1S/C29H33N3O8/c1-7-38-26(34)22-21-25(33)31(27(3,4)5)24(18-11-15-20(37-6)16-12-18)28(21)30-23(29(22,40-28)39-8-2)17-9-13-19(14-10-17)32(35)36/h9-16,21-22,24H,7-8H2,1-6H3/t21-,22-,24+,28-,29+/m0/s1. The monoisotopic (exact) mass is 551 g/mol. The van der Waals surface area contributed by atoms with E-state index >= 15 is 0 Å². The zero-order chi connectivity index (χ0) is 29.0. The quantitative estimate of drug-likeness (QED) is 0.273. The summed E-state index contributed by atoms with van der Waals surface area (Å²) in [4.78, 5) is 45.7. The van der Waals surface area contributed by atoms with Gasteiger partial charge in [0.15, 0.2) is 5.72 Å². The van der Waals surface area contributed by atoms with Crippen LogP contribution in [-0.2, 0) is 23.8 Å². The minimum atomic E-state index is -1.73. The van der Waals surface area contributed by atoms with Crippen LogP contribution in [0.1, 0.15) is 51.8 Å². The SMILES string of the molecule is CCOC(=O)[C@@H]1[C@H]2C(=O)N(C(C)(C)C)[C@H](c3ccc(OC)cc3)[C@]23N=C(c2ccc([N+](=O)[O-])cc2)[C@]1(OCC)O3. The van der Waals surface area contributed by atoms with Gasteiger partial charge >= 0.3 is 5.97 Å². The third-order valence-electron chi connectivity index (χ3n) is 7.68. The first-order chi connectivity index (χ1) is 18.9. The van der Waals surface area contributed by atoms with Gasteiger partial charge in [0.2, 0.25) is 11.7 Å². The van der Waals surface area contributed by atoms with Crippen molar-refractivity contribution in [2.24, 2.45) is 16.8 Å². The molecule has 2 bridgehead atoms. The molecule has 212 valence electrons. The number of carbonyl (C=O) groups excluding carboxylic acids is 2. The number of ether oxygens (including phenoxy) is 4. The molecule has 0 aromatic heterocycles. The first kappa shape index (κ1) is 27.7. The molecule has 2 fully saturated rings. The Hall–Kier alpha value is -3.83. The number of aliphatic imine (C=N–C) groups is 1. The van der Waals surface area contributed by atoms with Crippen molar-refractivity contribution in [3.8, 4) is 5.75 Å². The van der Waals surface area contributed by atoms with E-state index in [1.165, 1.54) is 12.1 Å². The number of amides is 1. The van der Waals surface area contributed by atoms with Gasteiger partial charge < -0.3 is 23.8 Å². The number of hydrogen-bond donors (Lipinski definition) is 0. The minimum Gasteiger partial charge on any atom is -0.497 e. The van der Waals surface area contributed by atoms with Crippen LogP contribution in [0, 0.1) is 22.0 Å². The van der Waals surface area contributed by atoms with Crippen LogP contribution in [-0.4, -0.2) is 64.8 Å². The molecule has 2 saturated heterocycles. The van der Waals surface area contributed by atoms with Gasteiger partial charge in [-0.2, -0.15) is 0 Å². The van der Waals surface area contributed by atoms with Gasteiger partial charge in [0, 0.05) is 29.8 Å². The topological polar surface area (TPSA) is 130 Å². The highest BCUT2D eigenvalue weighted by Crippen LogP contribution is 2.66. The van der Waals surface area contributed by atoms with Gasteiger partial charge in [-0.05, 0) is 64.4 Å². The molecule has 1 spiro atoms. The highest BCUT2D eigenvalue weighted by Gasteiger charge is 2.82. The Kier molecular flexibility index (Phi) is 6.70. The van der Waals surface area contributed by atoms with Crippen molar-refractivity contribution < 1.29 is 33.5 Å². The molecular weight excluding hydrogens is 518 g/mol. The number of non-ortho nitro benzene ring substituents is 1. The van der Waals surface area contributed by atoms with Crippen LogP contribution < -0.4 is 4.74 Å². The van der Waals surface area contributed by atoms with Crippen molar-refractivity contribution >= 4 is 23.3 Å². The van der Waals surface area contributed by atoms with Crippen LogP contribution in [0.3, 0.4) is 0 Å². The third-order valence-corrected chi connectivity index (χ3v) is 7.68. The molecule has 11 heteroatoms. The van der Waals surface area contributed by atoms with Gasteiger partial charge in [-0.3, -0.25) is 19.7 Å². The average molecular weight is 552 g/mol. The fraction of sp³-hybridized carbons (Fsp3) is 0.483. The number of rotatable bonds is 8. The summed E-state index contributed by atoms with van der Waals surface area (Å²) in [5, 5.41) is 11.3. The maximum Gasteiger partial charge on any atom is 0.315 e. The van der Waals surface area contributed by atoms with Gasteiger partial charge in [0.05, 0.1) is 18.6 Å². The lowest BCUT2D eigenvalue weighted by atomic mass is 9.75. The van der Waals surface area contributed by atoms with E-state index in [2.05, 4.69) is 0 Å². The molecule has 0 unspecified atom stereocenters. The van der Waals surface area contributed by atoms with Crippen LogP contribution in [0.5, 0.6) is 5.75 Å². The number of hydrogen-bond acceptors (Lipinski definition) is 9. The molecule has 0 N–H and O–H groups in total. The Bertz CT molecular complexity index is 1370. The zero-order valence-electron chi connectivity index (χ0n) is 23.4. The number of esters is 1. The molecule has 0 saturated carbocycles. The molecule has 3 aliphatic rings. The first-order valence-corrected chi connectivity index (χ1v) is 13.3. The summed E-state index contributed by atoms with van der Waals surface area (Å²) in [6, 6.07) is 12.4. The highest BCUT2D eigenvalue weighted by molar-refractivity contribution is 6.12.